The summed E-state index contributed by atoms with van der Waals surface area (Å²) in [4.78, 5) is 13.6. The van der Waals surface area contributed by atoms with Gasteiger partial charge in [0.2, 0.25) is 0 Å². The zero-order valence-corrected chi connectivity index (χ0v) is 16.5. The highest BCUT2D eigenvalue weighted by molar-refractivity contribution is 5.88. The van der Waals surface area contributed by atoms with Crippen LogP contribution in [0.25, 0.3) is 0 Å². The van der Waals surface area contributed by atoms with Crippen molar-refractivity contribution in [3.63, 3.8) is 0 Å². The van der Waals surface area contributed by atoms with E-state index in [1.807, 2.05) is 31.1 Å². The van der Waals surface area contributed by atoms with Crippen LogP contribution in [-0.4, -0.2) is 51.0 Å². The highest BCUT2D eigenvalue weighted by Crippen LogP contribution is 2.11. The minimum atomic E-state index is -0.323. The number of hydrogen-bond acceptors (Lipinski definition) is 7. The van der Waals surface area contributed by atoms with Gasteiger partial charge in [-0.1, -0.05) is 6.08 Å². The Hall–Kier alpha value is -3.09. The molecule has 154 valence electrons. The third kappa shape index (κ3) is 12.3. The molecule has 0 bridgehead atoms. The van der Waals surface area contributed by atoms with Crippen molar-refractivity contribution in [1.82, 2.24) is 4.90 Å². The second kappa shape index (κ2) is 16.1. The summed E-state index contributed by atoms with van der Waals surface area (Å²) in [5, 5.41) is 0. The van der Waals surface area contributed by atoms with Gasteiger partial charge >= 0.3 is 5.97 Å². The molecule has 0 radical (unpaired) electrons. The molecule has 0 aromatic carbocycles. The van der Waals surface area contributed by atoms with Crippen molar-refractivity contribution in [2.45, 2.75) is 13.3 Å². The average Bonchev–Trinajstić information content (AvgIpc) is 2.70. The van der Waals surface area contributed by atoms with Crippen LogP contribution in [0.4, 0.5) is 0 Å². The lowest BCUT2D eigenvalue weighted by molar-refractivity contribution is -0.138. The Kier molecular flexibility index (Phi) is 13.2. The Morgan fingerprint density at radius 3 is 2.00 bits per heavy atom. The summed E-state index contributed by atoms with van der Waals surface area (Å²) in [6, 6.07) is 0. The molecule has 1 heterocycles. The van der Waals surface area contributed by atoms with E-state index in [9.17, 15) is 4.79 Å². The largest absolute Gasteiger partial charge is 0.502 e. The fourth-order valence-corrected chi connectivity index (χ4v) is 1.90. The molecule has 0 aromatic rings. The lowest BCUT2D eigenvalue weighted by Crippen LogP contribution is -2.14. The molecule has 0 atom stereocenters. The third-order valence-corrected chi connectivity index (χ3v) is 3.12. The van der Waals surface area contributed by atoms with Crippen molar-refractivity contribution >= 4 is 5.97 Å². The normalized spacial score (nSPS) is 14.2. The maximum Gasteiger partial charge on any atom is 0.336 e. The van der Waals surface area contributed by atoms with Gasteiger partial charge in [-0.3, -0.25) is 0 Å². The topological polar surface area (TPSA) is 66.5 Å². The van der Waals surface area contributed by atoms with Gasteiger partial charge in [-0.05, 0) is 37.4 Å². The summed E-state index contributed by atoms with van der Waals surface area (Å²) in [5.41, 5.74) is 0.626. The maximum absolute atomic E-state index is 11.8. The van der Waals surface area contributed by atoms with Gasteiger partial charge in [-0.2, -0.15) is 0 Å². The number of allylic oxidation sites excluding steroid dienone is 1. The highest BCUT2D eigenvalue weighted by Gasteiger charge is 2.12. The van der Waals surface area contributed by atoms with Crippen molar-refractivity contribution < 1.29 is 28.5 Å². The lowest BCUT2D eigenvalue weighted by Gasteiger charge is -2.15. The number of rotatable bonds is 14. The van der Waals surface area contributed by atoms with Crippen LogP contribution in [0.3, 0.4) is 0 Å². The molecule has 0 aliphatic carbocycles. The van der Waals surface area contributed by atoms with Crippen molar-refractivity contribution in [3.8, 4) is 0 Å². The Balaban J connectivity index is 1.96. The summed E-state index contributed by atoms with van der Waals surface area (Å²) in [7, 11) is 1.86. The van der Waals surface area contributed by atoms with Crippen LogP contribution in [0.15, 0.2) is 73.4 Å². The van der Waals surface area contributed by atoms with Crippen LogP contribution in [0, 0.1) is 0 Å². The van der Waals surface area contributed by atoms with Crippen LogP contribution in [0.1, 0.15) is 13.3 Å². The molecule has 1 rings (SSSR count). The van der Waals surface area contributed by atoms with Crippen molar-refractivity contribution in [2.75, 3.05) is 40.1 Å². The Morgan fingerprint density at radius 1 is 0.929 bits per heavy atom. The van der Waals surface area contributed by atoms with Gasteiger partial charge in [0.25, 0.3) is 0 Å². The summed E-state index contributed by atoms with van der Waals surface area (Å²) in [6.07, 6.45) is 19.3. The predicted molar refractivity (Wildman–Crippen MR) is 107 cm³/mol. The first kappa shape index (κ1) is 23.0. The Morgan fingerprint density at radius 2 is 1.46 bits per heavy atom. The minimum Gasteiger partial charge on any atom is -0.502 e. The second-order valence-corrected chi connectivity index (χ2v) is 5.45. The first-order chi connectivity index (χ1) is 13.7. The SMILES string of the molecule is CCO/C=C/CO/C=C/CO/C=C/CO/C=C/COC(=O)C1=CN(C)C=CC1. The molecule has 0 fully saturated rings. The molecule has 28 heavy (non-hydrogen) atoms. The molecule has 1 aliphatic rings. The van der Waals surface area contributed by atoms with E-state index in [0.717, 1.165) is 0 Å². The number of hydrogen-bond donors (Lipinski definition) is 0. The van der Waals surface area contributed by atoms with E-state index in [2.05, 4.69) is 0 Å². The number of esters is 1. The van der Waals surface area contributed by atoms with Crippen molar-refractivity contribution in [1.29, 1.82) is 0 Å². The van der Waals surface area contributed by atoms with Crippen LogP contribution in [0.5, 0.6) is 0 Å². The smallest absolute Gasteiger partial charge is 0.336 e. The fraction of sp³-hybridized carbons (Fsp3) is 0.381. The lowest BCUT2D eigenvalue weighted by atomic mass is 10.1. The van der Waals surface area contributed by atoms with E-state index >= 15 is 0 Å². The molecule has 7 heteroatoms. The quantitative estimate of drug-likeness (QED) is 0.255. The molecule has 0 aromatic heterocycles. The standard InChI is InChI=1S/C21H29NO6/c1-3-24-11-5-12-25-13-6-14-26-15-7-16-27-17-8-18-28-21(23)20-9-4-10-22(2)19-20/h4-8,10-11,13,15,17,19H,3,9,12,14,16,18H2,1-2H3/b11-5+,13-6+,15-7+,17-8+. The summed E-state index contributed by atoms with van der Waals surface area (Å²) in [5.74, 6) is -0.323. The molecule has 0 amide bonds. The zero-order valence-electron chi connectivity index (χ0n) is 16.5. The van der Waals surface area contributed by atoms with Crippen LogP contribution >= 0.6 is 0 Å². The van der Waals surface area contributed by atoms with Crippen molar-refractivity contribution in [3.05, 3.63) is 73.4 Å². The molecule has 0 spiro atoms. The third-order valence-electron chi connectivity index (χ3n) is 3.12. The van der Waals surface area contributed by atoms with Gasteiger partial charge in [0.05, 0.1) is 37.2 Å². The first-order valence-electron chi connectivity index (χ1n) is 9.07. The van der Waals surface area contributed by atoms with Crippen LogP contribution in [-0.2, 0) is 28.5 Å². The molecular formula is C21H29NO6. The van der Waals surface area contributed by atoms with Crippen LogP contribution in [0.2, 0.25) is 0 Å². The van der Waals surface area contributed by atoms with Crippen molar-refractivity contribution in [2.24, 2.45) is 0 Å². The van der Waals surface area contributed by atoms with Gasteiger partial charge in [0.1, 0.15) is 26.4 Å². The van der Waals surface area contributed by atoms with Gasteiger partial charge in [-0.15, -0.1) is 0 Å². The van der Waals surface area contributed by atoms with E-state index in [1.54, 1.807) is 49.3 Å². The number of carbonyl (C=O) groups is 1. The van der Waals surface area contributed by atoms with Gasteiger partial charge in [-0.25, -0.2) is 4.79 Å². The molecule has 0 unspecified atom stereocenters. The Labute approximate surface area is 166 Å². The van der Waals surface area contributed by atoms with E-state index in [0.29, 0.717) is 38.4 Å². The molecule has 7 nitrogen and oxygen atoms in total. The first-order valence-corrected chi connectivity index (χ1v) is 9.07. The molecule has 1 aliphatic heterocycles. The zero-order chi connectivity index (χ0) is 20.3. The number of carbonyl (C=O) groups excluding carboxylic acids is 1. The summed E-state index contributed by atoms with van der Waals surface area (Å²) >= 11 is 0. The van der Waals surface area contributed by atoms with E-state index in [-0.39, 0.29) is 12.6 Å². The summed E-state index contributed by atoms with van der Waals surface area (Å²) < 4.78 is 25.8. The van der Waals surface area contributed by atoms with Gasteiger partial charge in [0.15, 0.2) is 0 Å². The highest BCUT2D eigenvalue weighted by atomic mass is 16.5. The van der Waals surface area contributed by atoms with E-state index in [1.165, 1.54) is 6.26 Å². The fourth-order valence-electron chi connectivity index (χ4n) is 1.90. The molecule has 0 saturated heterocycles. The van der Waals surface area contributed by atoms with Crippen LogP contribution < -0.4 is 0 Å². The average molecular weight is 391 g/mol. The maximum atomic E-state index is 11.8. The molecule has 0 N–H and O–H groups in total. The number of nitrogens with zero attached hydrogens (tertiary/aromatic N) is 1. The van der Waals surface area contributed by atoms with E-state index in [4.69, 9.17) is 23.7 Å². The Bertz CT molecular complexity index is 604. The van der Waals surface area contributed by atoms with E-state index < -0.39 is 0 Å². The summed E-state index contributed by atoms with van der Waals surface area (Å²) in [6.45, 7) is 3.93. The van der Waals surface area contributed by atoms with Gasteiger partial charge < -0.3 is 28.6 Å². The second-order valence-electron chi connectivity index (χ2n) is 5.45. The monoisotopic (exact) mass is 391 g/mol. The number of ether oxygens (including phenoxy) is 5. The van der Waals surface area contributed by atoms with Gasteiger partial charge in [0, 0.05) is 19.7 Å². The minimum absolute atomic E-state index is 0.161. The predicted octanol–water partition coefficient (Wildman–Crippen LogP) is 3.40. The molecular weight excluding hydrogens is 362 g/mol. The molecule has 0 saturated carbocycles.